The Morgan fingerprint density at radius 3 is 2.53 bits per heavy atom. The largest absolute Gasteiger partial charge is 0.329 e. The van der Waals surface area contributed by atoms with Crippen LogP contribution < -0.4 is 5.73 Å². The smallest absolute Gasteiger partial charge is 0.187 e. The Morgan fingerprint density at radius 2 is 2.13 bits per heavy atom. The molecule has 0 bridgehead atoms. The van der Waals surface area contributed by atoms with Crippen LogP contribution in [-0.2, 0) is 16.4 Å². The lowest BCUT2D eigenvalue weighted by Crippen LogP contribution is -2.39. The molecule has 5 nitrogen and oxygen atoms in total. The summed E-state index contributed by atoms with van der Waals surface area (Å²) in [7, 11) is -3.39. The quantitative estimate of drug-likeness (QED) is 0.814. The van der Waals surface area contributed by atoms with Crippen LogP contribution in [0, 0.1) is 0 Å². The summed E-state index contributed by atoms with van der Waals surface area (Å²) in [5.74, 6) is 0. The van der Waals surface area contributed by atoms with E-state index in [0.717, 1.165) is 0 Å². The van der Waals surface area contributed by atoms with Gasteiger partial charge in [-0.2, -0.15) is 5.10 Å². The molecular weight excluding hydrogens is 214 g/mol. The van der Waals surface area contributed by atoms with Crippen LogP contribution in [0.25, 0.3) is 0 Å². The van der Waals surface area contributed by atoms with Gasteiger partial charge >= 0.3 is 0 Å². The van der Waals surface area contributed by atoms with Crippen LogP contribution in [0.5, 0.6) is 0 Å². The Hall–Kier alpha value is -0.880. The molecule has 0 unspecified atom stereocenters. The number of sulfone groups is 1. The van der Waals surface area contributed by atoms with E-state index >= 15 is 0 Å². The van der Waals surface area contributed by atoms with Crippen LogP contribution in [0.2, 0.25) is 0 Å². The number of aromatic nitrogens is 2. The molecule has 0 aliphatic rings. The van der Waals surface area contributed by atoms with Crippen molar-refractivity contribution in [1.29, 1.82) is 0 Å². The first-order chi connectivity index (χ1) is 6.85. The summed E-state index contributed by atoms with van der Waals surface area (Å²) in [6, 6.07) is 0. The van der Waals surface area contributed by atoms with E-state index in [1.54, 1.807) is 18.5 Å². The van der Waals surface area contributed by atoms with E-state index in [4.69, 9.17) is 5.73 Å². The molecule has 1 heterocycles. The molecule has 2 N–H and O–H groups in total. The van der Waals surface area contributed by atoms with Crippen molar-refractivity contribution in [3.8, 4) is 0 Å². The molecule has 0 saturated carbocycles. The molecule has 0 amide bonds. The van der Waals surface area contributed by atoms with Crippen molar-refractivity contribution >= 4 is 9.84 Å². The molecule has 0 atom stereocenters. The fraction of sp³-hybridized carbons (Fsp3) is 0.667. The van der Waals surface area contributed by atoms with Crippen molar-refractivity contribution in [3.05, 3.63) is 12.4 Å². The lowest BCUT2D eigenvalue weighted by molar-refractivity contribution is 0.548. The zero-order chi connectivity index (χ0) is 11.7. The zero-order valence-electron chi connectivity index (χ0n) is 9.27. The van der Waals surface area contributed by atoms with Gasteiger partial charge in [-0.3, -0.25) is 4.68 Å². The summed E-state index contributed by atoms with van der Waals surface area (Å²) in [4.78, 5) is 0.236. The normalized spacial score (nSPS) is 13.1. The number of hydrogen-bond acceptors (Lipinski definition) is 4. The Labute approximate surface area is 90.2 Å². The average Bonchev–Trinajstić information content (AvgIpc) is 2.66. The molecule has 0 spiro atoms. The van der Waals surface area contributed by atoms with E-state index in [9.17, 15) is 8.42 Å². The standard InChI is InChI=1S/C9H17N3O2S/c1-4-12-6-8(5-11-12)15(13,14)9(2,3)7-10/h5-6H,4,7,10H2,1-3H3. The predicted molar refractivity (Wildman–Crippen MR) is 58.2 cm³/mol. The summed E-state index contributed by atoms with van der Waals surface area (Å²) in [5, 5.41) is 3.95. The van der Waals surface area contributed by atoms with Gasteiger partial charge in [-0.1, -0.05) is 0 Å². The third-order valence-electron chi connectivity index (χ3n) is 2.46. The minimum atomic E-state index is -3.39. The molecule has 15 heavy (non-hydrogen) atoms. The number of hydrogen-bond donors (Lipinski definition) is 1. The highest BCUT2D eigenvalue weighted by Crippen LogP contribution is 2.23. The third-order valence-corrected chi connectivity index (χ3v) is 4.92. The molecule has 0 fully saturated rings. The first-order valence-electron chi connectivity index (χ1n) is 4.82. The van der Waals surface area contributed by atoms with Gasteiger partial charge in [-0.05, 0) is 20.8 Å². The number of nitrogens with zero attached hydrogens (tertiary/aromatic N) is 2. The second kappa shape index (κ2) is 3.94. The SMILES string of the molecule is CCn1cc(S(=O)(=O)C(C)(C)CN)cn1. The van der Waals surface area contributed by atoms with Crippen LogP contribution in [0.4, 0.5) is 0 Å². The molecule has 0 aliphatic heterocycles. The topological polar surface area (TPSA) is 78.0 Å². The highest BCUT2D eigenvalue weighted by molar-refractivity contribution is 7.92. The van der Waals surface area contributed by atoms with Gasteiger partial charge in [0.2, 0.25) is 0 Å². The molecule has 6 heteroatoms. The molecule has 86 valence electrons. The predicted octanol–water partition coefficient (Wildman–Crippen LogP) is 0.414. The van der Waals surface area contributed by atoms with Gasteiger partial charge in [0.05, 0.1) is 10.9 Å². The Balaban J connectivity index is 3.17. The van der Waals surface area contributed by atoms with E-state index in [-0.39, 0.29) is 11.4 Å². The molecule has 1 aromatic heterocycles. The molecule has 0 aromatic carbocycles. The van der Waals surface area contributed by atoms with Crippen LogP contribution in [0.1, 0.15) is 20.8 Å². The molecule has 0 saturated heterocycles. The summed E-state index contributed by atoms with van der Waals surface area (Å²) in [5.41, 5.74) is 5.46. The van der Waals surface area contributed by atoms with Crippen molar-refractivity contribution in [2.75, 3.05) is 6.54 Å². The van der Waals surface area contributed by atoms with Crippen molar-refractivity contribution in [3.63, 3.8) is 0 Å². The molecule has 1 aromatic rings. The van der Waals surface area contributed by atoms with Crippen LogP contribution in [-0.4, -0.2) is 29.5 Å². The number of rotatable bonds is 4. The summed E-state index contributed by atoms with van der Waals surface area (Å²) in [6.45, 7) is 5.87. The van der Waals surface area contributed by atoms with E-state index in [1.165, 1.54) is 12.4 Å². The Bertz CT molecular complexity index is 434. The fourth-order valence-electron chi connectivity index (χ4n) is 1.09. The van der Waals surface area contributed by atoms with Crippen molar-refractivity contribution in [2.45, 2.75) is 37.0 Å². The van der Waals surface area contributed by atoms with Crippen LogP contribution in [0.15, 0.2) is 17.3 Å². The maximum atomic E-state index is 12.1. The average molecular weight is 231 g/mol. The summed E-state index contributed by atoms with van der Waals surface area (Å²) < 4.78 is 24.8. The molecule has 1 rings (SSSR count). The van der Waals surface area contributed by atoms with E-state index in [2.05, 4.69) is 5.10 Å². The first kappa shape index (κ1) is 12.2. The molecule has 0 radical (unpaired) electrons. The van der Waals surface area contributed by atoms with Gasteiger partial charge in [0.25, 0.3) is 0 Å². The van der Waals surface area contributed by atoms with Gasteiger partial charge < -0.3 is 5.73 Å². The van der Waals surface area contributed by atoms with Crippen LogP contribution >= 0.6 is 0 Å². The third kappa shape index (κ3) is 2.05. The van der Waals surface area contributed by atoms with Crippen molar-refractivity contribution in [1.82, 2.24) is 9.78 Å². The fourth-order valence-corrected chi connectivity index (χ4v) is 2.39. The second-order valence-corrected chi connectivity index (χ2v) is 6.58. The van der Waals surface area contributed by atoms with Crippen molar-refractivity contribution < 1.29 is 8.42 Å². The van der Waals surface area contributed by atoms with Gasteiger partial charge in [0.1, 0.15) is 4.90 Å². The van der Waals surface area contributed by atoms with Crippen molar-refractivity contribution in [2.24, 2.45) is 5.73 Å². The summed E-state index contributed by atoms with van der Waals surface area (Å²) >= 11 is 0. The van der Waals surface area contributed by atoms with Crippen LogP contribution in [0.3, 0.4) is 0 Å². The Morgan fingerprint density at radius 1 is 1.53 bits per heavy atom. The van der Waals surface area contributed by atoms with Gasteiger partial charge in [-0.25, -0.2) is 8.42 Å². The molecule has 0 aliphatic carbocycles. The molecular formula is C9H17N3O2S. The highest BCUT2D eigenvalue weighted by atomic mass is 32.2. The minimum absolute atomic E-state index is 0.0899. The maximum absolute atomic E-state index is 12.1. The first-order valence-corrected chi connectivity index (χ1v) is 6.30. The minimum Gasteiger partial charge on any atom is -0.329 e. The lowest BCUT2D eigenvalue weighted by atomic mass is 10.2. The highest BCUT2D eigenvalue weighted by Gasteiger charge is 2.35. The monoisotopic (exact) mass is 231 g/mol. The maximum Gasteiger partial charge on any atom is 0.187 e. The van der Waals surface area contributed by atoms with E-state index in [1.807, 2.05) is 6.92 Å². The number of aryl methyl sites for hydroxylation is 1. The lowest BCUT2D eigenvalue weighted by Gasteiger charge is -2.21. The second-order valence-electron chi connectivity index (χ2n) is 4.00. The zero-order valence-corrected chi connectivity index (χ0v) is 10.1. The number of nitrogens with two attached hydrogens (primary N) is 1. The Kier molecular flexibility index (Phi) is 3.20. The van der Waals surface area contributed by atoms with Gasteiger partial charge in [0.15, 0.2) is 9.84 Å². The van der Waals surface area contributed by atoms with E-state index < -0.39 is 14.6 Å². The summed E-state index contributed by atoms with van der Waals surface area (Å²) in [6.07, 6.45) is 2.91. The van der Waals surface area contributed by atoms with Gasteiger partial charge in [-0.15, -0.1) is 0 Å². The van der Waals surface area contributed by atoms with E-state index in [0.29, 0.717) is 6.54 Å². The van der Waals surface area contributed by atoms with Gasteiger partial charge in [0, 0.05) is 19.3 Å².